The molecule has 0 saturated heterocycles. The minimum absolute atomic E-state index is 0.141. The Hall–Kier alpha value is -3.40. The normalized spacial score (nSPS) is 11.8. The summed E-state index contributed by atoms with van der Waals surface area (Å²) in [5.74, 6) is -0.365. The number of aromatic nitrogens is 1. The summed E-state index contributed by atoms with van der Waals surface area (Å²) in [6, 6.07) is 13.4. The summed E-state index contributed by atoms with van der Waals surface area (Å²) in [6.45, 7) is -0.528. The predicted molar refractivity (Wildman–Crippen MR) is 109 cm³/mol. The number of ether oxygens (including phenoxy) is 1. The van der Waals surface area contributed by atoms with E-state index in [1.165, 1.54) is 23.8 Å². The highest BCUT2D eigenvalue weighted by atomic mass is 32.2. The van der Waals surface area contributed by atoms with Gasteiger partial charge in [-0.1, -0.05) is 18.2 Å². The Balaban J connectivity index is 1.87. The molecular formula is C19H20N4O5S. The van der Waals surface area contributed by atoms with Gasteiger partial charge in [0.25, 0.3) is 5.91 Å². The van der Waals surface area contributed by atoms with E-state index in [0.29, 0.717) is 16.8 Å². The van der Waals surface area contributed by atoms with E-state index in [4.69, 9.17) is 4.74 Å². The van der Waals surface area contributed by atoms with Gasteiger partial charge in [0.2, 0.25) is 15.9 Å². The Morgan fingerprint density at radius 3 is 2.45 bits per heavy atom. The number of sulfonamides is 1. The monoisotopic (exact) mass is 416 g/mol. The third-order valence-electron chi connectivity index (χ3n) is 4.35. The predicted octanol–water partition coefficient (Wildman–Crippen LogP) is 2.97. The number of aromatic hydroxyl groups is 1. The second-order valence-electron chi connectivity index (χ2n) is 6.31. The van der Waals surface area contributed by atoms with Gasteiger partial charge in [0, 0.05) is 12.4 Å². The lowest BCUT2D eigenvalue weighted by molar-refractivity contribution is -0.116. The molecule has 0 bridgehead atoms. The molecular weight excluding hydrogens is 396 g/mol. The van der Waals surface area contributed by atoms with Gasteiger partial charge in [-0.15, -0.1) is 10.2 Å². The third kappa shape index (κ3) is 4.21. The molecule has 0 unspecified atom stereocenters. The van der Waals surface area contributed by atoms with Crippen molar-refractivity contribution >= 4 is 38.2 Å². The topological polar surface area (TPSA) is 114 Å². The molecule has 0 atom stereocenters. The maximum atomic E-state index is 12.3. The molecule has 29 heavy (non-hydrogen) atoms. The molecule has 0 aliphatic carbocycles. The zero-order chi connectivity index (χ0) is 21.2. The first-order chi connectivity index (χ1) is 13.7. The second-order valence-corrected chi connectivity index (χ2v) is 8.22. The summed E-state index contributed by atoms with van der Waals surface area (Å²) < 4.78 is 31.8. The van der Waals surface area contributed by atoms with Gasteiger partial charge in [0.15, 0.2) is 5.69 Å². The van der Waals surface area contributed by atoms with E-state index in [2.05, 4.69) is 10.2 Å². The Labute approximate surface area is 167 Å². The van der Waals surface area contributed by atoms with Crippen molar-refractivity contribution in [2.75, 3.05) is 24.2 Å². The van der Waals surface area contributed by atoms with Crippen LogP contribution in [0.5, 0.6) is 11.6 Å². The van der Waals surface area contributed by atoms with E-state index in [9.17, 15) is 18.3 Å². The highest BCUT2D eigenvalue weighted by molar-refractivity contribution is 7.92. The number of para-hydroxylation sites is 1. The fourth-order valence-electron chi connectivity index (χ4n) is 2.87. The van der Waals surface area contributed by atoms with Crippen molar-refractivity contribution in [2.24, 2.45) is 17.3 Å². The highest BCUT2D eigenvalue weighted by Gasteiger charge is 2.21. The number of aryl methyl sites for hydroxylation is 1. The summed E-state index contributed by atoms with van der Waals surface area (Å²) in [4.78, 5) is 12.3. The Kier molecular flexibility index (Phi) is 5.55. The number of hydrogen-bond acceptors (Lipinski definition) is 6. The first kappa shape index (κ1) is 20.3. The van der Waals surface area contributed by atoms with Gasteiger partial charge >= 0.3 is 0 Å². The fourth-order valence-corrected chi connectivity index (χ4v) is 3.72. The van der Waals surface area contributed by atoms with Gasteiger partial charge in [0.1, 0.15) is 12.3 Å². The van der Waals surface area contributed by atoms with Gasteiger partial charge in [-0.25, -0.2) is 8.42 Å². The average Bonchev–Trinajstić information content (AvgIpc) is 2.94. The van der Waals surface area contributed by atoms with E-state index < -0.39 is 22.5 Å². The summed E-state index contributed by atoms with van der Waals surface area (Å²) in [5, 5.41) is 18.4. The van der Waals surface area contributed by atoms with E-state index >= 15 is 0 Å². The van der Waals surface area contributed by atoms with E-state index in [0.717, 1.165) is 16.1 Å². The zero-order valence-electron chi connectivity index (χ0n) is 16.1. The zero-order valence-corrected chi connectivity index (χ0v) is 16.9. The number of fused-ring (bicyclic) bond motifs is 1. The van der Waals surface area contributed by atoms with Crippen molar-refractivity contribution < 1.29 is 23.1 Å². The number of carbonyl (C=O) groups is 1. The third-order valence-corrected chi connectivity index (χ3v) is 5.49. The van der Waals surface area contributed by atoms with Crippen LogP contribution in [0.4, 0.5) is 11.4 Å². The lowest BCUT2D eigenvalue weighted by atomic mass is 10.2. The van der Waals surface area contributed by atoms with E-state index in [-0.39, 0.29) is 11.6 Å². The van der Waals surface area contributed by atoms with Gasteiger partial charge in [0.05, 0.1) is 24.6 Å². The molecule has 3 rings (SSSR count). The maximum absolute atomic E-state index is 12.3. The Bertz CT molecular complexity index is 1180. The molecule has 9 nitrogen and oxygen atoms in total. The summed E-state index contributed by atoms with van der Waals surface area (Å²) in [5.41, 5.74) is 1.17. The van der Waals surface area contributed by atoms with Crippen LogP contribution in [0.1, 0.15) is 0 Å². The summed E-state index contributed by atoms with van der Waals surface area (Å²) >= 11 is 0. The number of anilines is 1. The van der Waals surface area contributed by atoms with Gasteiger partial charge in [-0.3, -0.25) is 9.10 Å². The number of benzene rings is 2. The molecule has 0 fully saturated rings. The van der Waals surface area contributed by atoms with Crippen molar-refractivity contribution in [3.8, 4) is 11.6 Å². The summed E-state index contributed by atoms with van der Waals surface area (Å²) in [6.07, 6.45) is 0.998. The number of nitrogens with zero attached hydrogens (tertiary/aromatic N) is 4. The molecule has 152 valence electrons. The van der Waals surface area contributed by atoms with Crippen molar-refractivity contribution in [3.63, 3.8) is 0 Å². The smallest absolute Gasteiger partial charge is 0.285 e. The molecule has 0 spiro atoms. The molecule has 2 aromatic carbocycles. The van der Waals surface area contributed by atoms with Crippen LogP contribution >= 0.6 is 0 Å². The van der Waals surface area contributed by atoms with Crippen LogP contribution in [0.3, 0.4) is 0 Å². The van der Waals surface area contributed by atoms with Crippen LogP contribution in [0.15, 0.2) is 58.8 Å². The quantitative estimate of drug-likeness (QED) is 0.621. The van der Waals surface area contributed by atoms with Crippen LogP contribution in [-0.2, 0) is 21.9 Å². The number of amides is 1. The first-order valence-corrected chi connectivity index (χ1v) is 10.4. The first-order valence-electron chi connectivity index (χ1n) is 8.55. The van der Waals surface area contributed by atoms with Crippen molar-refractivity contribution in [3.05, 3.63) is 48.5 Å². The highest BCUT2D eigenvalue weighted by Crippen LogP contribution is 2.37. The van der Waals surface area contributed by atoms with Gasteiger partial charge in [-0.05, 0) is 30.3 Å². The number of rotatable bonds is 6. The largest absolute Gasteiger partial charge is 0.497 e. The lowest BCUT2D eigenvalue weighted by Crippen LogP contribution is -2.34. The standard InChI is InChI=1S/C19H20N4O5S/c1-22-16-7-5-4-6-15(16)18(19(22)25)21-20-17(24)12-23(29(3,26)27)13-8-10-14(28-2)11-9-13/h4-11,25H,12H2,1-3H3. The average molecular weight is 416 g/mol. The van der Waals surface area contributed by atoms with Crippen LogP contribution < -0.4 is 9.04 Å². The molecule has 3 aromatic rings. The number of methoxy groups -OCH3 is 1. The lowest BCUT2D eigenvalue weighted by Gasteiger charge is -2.20. The number of carbonyl (C=O) groups excluding carboxylic acids is 1. The maximum Gasteiger partial charge on any atom is 0.285 e. The molecule has 1 heterocycles. The van der Waals surface area contributed by atoms with E-state index in [1.807, 2.05) is 6.07 Å². The van der Waals surface area contributed by atoms with Gasteiger partial charge in [-0.2, -0.15) is 0 Å². The molecule has 0 saturated carbocycles. The SMILES string of the molecule is COc1ccc(N(CC(=O)N=Nc2c(O)n(C)c3ccccc23)S(C)(=O)=O)cc1. The minimum Gasteiger partial charge on any atom is -0.497 e. The molecule has 1 N–H and O–H groups in total. The number of azo groups is 1. The number of hydrogen-bond donors (Lipinski definition) is 1. The van der Waals surface area contributed by atoms with Crippen LogP contribution in [0.2, 0.25) is 0 Å². The summed E-state index contributed by atoms with van der Waals surface area (Å²) in [7, 11) is -0.581. The molecule has 10 heteroatoms. The van der Waals surface area contributed by atoms with E-state index in [1.54, 1.807) is 37.4 Å². The molecule has 0 radical (unpaired) electrons. The molecule has 1 aromatic heterocycles. The van der Waals surface area contributed by atoms with Crippen molar-refractivity contribution in [1.82, 2.24) is 4.57 Å². The molecule has 1 amide bonds. The fraction of sp³-hybridized carbons (Fsp3) is 0.211. The van der Waals surface area contributed by atoms with Crippen molar-refractivity contribution in [1.29, 1.82) is 0 Å². The second kappa shape index (κ2) is 7.92. The van der Waals surface area contributed by atoms with Gasteiger partial charge < -0.3 is 14.4 Å². The molecule has 0 aliphatic rings. The van der Waals surface area contributed by atoms with Crippen LogP contribution in [-0.4, -0.2) is 43.9 Å². The Morgan fingerprint density at radius 1 is 1.17 bits per heavy atom. The van der Waals surface area contributed by atoms with Crippen molar-refractivity contribution in [2.45, 2.75) is 0 Å². The Morgan fingerprint density at radius 2 is 1.83 bits per heavy atom. The van der Waals surface area contributed by atoms with Crippen LogP contribution in [0, 0.1) is 0 Å². The molecule has 0 aliphatic heterocycles. The van der Waals surface area contributed by atoms with Crippen LogP contribution in [0.25, 0.3) is 10.9 Å². The minimum atomic E-state index is -3.74.